The fraction of sp³-hybridized carbons (Fsp3) is 0.545. The standard InChI is InChI=1S/C11H17N3O4S2/c1-2-13-10-3-4-12-9-11(10)20(17,18)14-5-7-19(15,16)8-6-14/h3-4,9H,2,5-8H2,1H3,(H,12,13). The monoisotopic (exact) mass is 319 g/mol. The van der Waals surface area contributed by atoms with E-state index >= 15 is 0 Å². The second kappa shape index (κ2) is 5.66. The van der Waals surface area contributed by atoms with Gasteiger partial charge in [0.15, 0.2) is 9.84 Å². The predicted molar refractivity (Wildman–Crippen MR) is 75.8 cm³/mol. The number of nitrogens with zero attached hydrogens (tertiary/aromatic N) is 2. The van der Waals surface area contributed by atoms with E-state index in [-0.39, 0.29) is 29.5 Å². The van der Waals surface area contributed by atoms with Crippen molar-refractivity contribution < 1.29 is 16.8 Å². The van der Waals surface area contributed by atoms with Crippen LogP contribution in [0.3, 0.4) is 0 Å². The van der Waals surface area contributed by atoms with Crippen LogP contribution in [0.5, 0.6) is 0 Å². The van der Waals surface area contributed by atoms with Gasteiger partial charge in [-0.2, -0.15) is 4.31 Å². The quantitative estimate of drug-likeness (QED) is 0.834. The first-order chi connectivity index (χ1) is 9.37. The molecule has 1 aromatic heterocycles. The Labute approximate surface area is 119 Å². The van der Waals surface area contributed by atoms with E-state index in [9.17, 15) is 16.8 Å². The number of anilines is 1. The third kappa shape index (κ3) is 3.10. The summed E-state index contributed by atoms with van der Waals surface area (Å²) in [5, 5.41) is 2.97. The zero-order valence-electron chi connectivity index (χ0n) is 11.1. The summed E-state index contributed by atoms with van der Waals surface area (Å²) in [6, 6.07) is 1.59. The summed E-state index contributed by atoms with van der Waals surface area (Å²) in [4.78, 5) is 3.94. The Balaban J connectivity index is 2.32. The SMILES string of the molecule is CCNc1ccncc1S(=O)(=O)N1CCS(=O)(=O)CC1. The number of hydrogen-bond donors (Lipinski definition) is 1. The second-order valence-electron chi connectivity index (χ2n) is 4.46. The van der Waals surface area contributed by atoms with Crippen molar-refractivity contribution in [3.63, 3.8) is 0 Å². The molecule has 0 aliphatic carbocycles. The number of hydrogen-bond acceptors (Lipinski definition) is 6. The lowest BCUT2D eigenvalue weighted by molar-refractivity contribution is 0.431. The Morgan fingerprint density at radius 3 is 2.60 bits per heavy atom. The van der Waals surface area contributed by atoms with Gasteiger partial charge in [-0.05, 0) is 13.0 Å². The van der Waals surface area contributed by atoms with Gasteiger partial charge in [0.2, 0.25) is 10.0 Å². The molecule has 0 radical (unpaired) electrons. The van der Waals surface area contributed by atoms with E-state index in [1.807, 2.05) is 6.92 Å². The first-order valence-electron chi connectivity index (χ1n) is 6.25. The van der Waals surface area contributed by atoms with E-state index in [0.29, 0.717) is 12.2 Å². The van der Waals surface area contributed by atoms with Gasteiger partial charge in [0, 0.05) is 32.0 Å². The van der Waals surface area contributed by atoms with Crippen LogP contribution >= 0.6 is 0 Å². The average molecular weight is 319 g/mol. The fourth-order valence-electron chi connectivity index (χ4n) is 2.00. The van der Waals surface area contributed by atoms with Crippen LogP contribution in [0.2, 0.25) is 0 Å². The molecule has 1 aliphatic rings. The molecule has 0 spiro atoms. The second-order valence-corrected chi connectivity index (χ2v) is 8.67. The molecule has 9 heteroatoms. The Bertz CT molecular complexity index is 671. The van der Waals surface area contributed by atoms with Crippen molar-refractivity contribution in [2.45, 2.75) is 11.8 Å². The number of sulfonamides is 1. The largest absolute Gasteiger partial charge is 0.384 e. The van der Waals surface area contributed by atoms with Crippen LogP contribution in [-0.4, -0.2) is 57.3 Å². The predicted octanol–water partition coefficient (Wildman–Crippen LogP) is -0.0675. The minimum Gasteiger partial charge on any atom is -0.384 e. The van der Waals surface area contributed by atoms with Crippen LogP contribution in [0.4, 0.5) is 5.69 Å². The van der Waals surface area contributed by atoms with E-state index in [4.69, 9.17) is 0 Å². The van der Waals surface area contributed by atoms with Crippen LogP contribution in [0.15, 0.2) is 23.4 Å². The summed E-state index contributed by atoms with van der Waals surface area (Å²) in [7, 11) is -6.84. The molecule has 1 saturated heterocycles. The topological polar surface area (TPSA) is 96.4 Å². The van der Waals surface area contributed by atoms with Gasteiger partial charge in [0.25, 0.3) is 0 Å². The maximum atomic E-state index is 12.5. The van der Waals surface area contributed by atoms with E-state index in [1.165, 1.54) is 16.7 Å². The molecular formula is C11H17N3O4S2. The maximum absolute atomic E-state index is 12.5. The van der Waals surface area contributed by atoms with Crippen LogP contribution in [0, 0.1) is 0 Å². The van der Waals surface area contributed by atoms with E-state index < -0.39 is 19.9 Å². The van der Waals surface area contributed by atoms with Crippen molar-refractivity contribution in [2.75, 3.05) is 36.5 Å². The molecule has 20 heavy (non-hydrogen) atoms. The zero-order chi connectivity index (χ0) is 14.8. The van der Waals surface area contributed by atoms with Crippen LogP contribution < -0.4 is 5.32 Å². The summed E-state index contributed by atoms with van der Waals surface area (Å²) >= 11 is 0. The first kappa shape index (κ1) is 15.2. The number of sulfone groups is 1. The molecule has 0 bridgehead atoms. The average Bonchev–Trinajstić information content (AvgIpc) is 2.39. The molecule has 0 unspecified atom stereocenters. The van der Waals surface area contributed by atoms with Crippen LogP contribution in [0.25, 0.3) is 0 Å². The highest BCUT2D eigenvalue weighted by Gasteiger charge is 2.32. The molecule has 1 N–H and O–H groups in total. The summed E-state index contributed by atoms with van der Waals surface area (Å²) in [6.45, 7) is 2.43. The first-order valence-corrected chi connectivity index (χ1v) is 9.51. The van der Waals surface area contributed by atoms with Crippen molar-refractivity contribution in [3.8, 4) is 0 Å². The summed E-state index contributed by atoms with van der Waals surface area (Å²) < 4.78 is 49.1. The molecular weight excluding hydrogens is 302 g/mol. The third-order valence-electron chi connectivity index (χ3n) is 3.07. The molecule has 0 saturated carbocycles. The molecule has 7 nitrogen and oxygen atoms in total. The van der Waals surface area contributed by atoms with E-state index in [2.05, 4.69) is 10.3 Å². The lowest BCUT2D eigenvalue weighted by atomic mass is 10.4. The van der Waals surface area contributed by atoms with Gasteiger partial charge in [-0.25, -0.2) is 16.8 Å². The Morgan fingerprint density at radius 1 is 1.35 bits per heavy atom. The van der Waals surface area contributed by atoms with Crippen molar-refractivity contribution in [3.05, 3.63) is 18.5 Å². The third-order valence-corrected chi connectivity index (χ3v) is 6.61. The minimum atomic E-state index is -3.72. The molecule has 2 heterocycles. The summed E-state index contributed by atoms with van der Waals surface area (Å²) in [5.74, 6) is -0.272. The lowest BCUT2D eigenvalue weighted by Gasteiger charge is -2.26. The highest BCUT2D eigenvalue weighted by Crippen LogP contribution is 2.24. The molecule has 1 fully saturated rings. The molecule has 0 aromatic carbocycles. The van der Waals surface area contributed by atoms with Gasteiger partial charge >= 0.3 is 0 Å². The van der Waals surface area contributed by atoms with Gasteiger partial charge in [0.05, 0.1) is 17.2 Å². The number of pyridine rings is 1. The van der Waals surface area contributed by atoms with E-state index in [1.54, 1.807) is 6.07 Å². The molecule has 1 aliphatic heterocycles. The maximum Gasteiger partial charge on any atom is 0.246 e. The number of aromatic nitrogens is 1. The minimum absolute atomic E-state index is 0.00880. The van der Waals surface area contributed by atoms with Crippen molar-refractivity contribution in [2.24, 2.45) is 0 Å². The molecule has 2 rings (SSSR count). The Hall–Kier alpha value is -1.19. The normalized spacial score (nSPS) is 19.6. The van der Waals surface area contributed by atoms with Crippen LogP contribution in [0.1, 0.15) is 6.92 Å². The summed E-state index contributed by atoms with van der Waals surface area (Å²) in [6.07, 6.45) is 2.80. The van der Waals surface area contributed by atoms with Crippen molar-refractivity contribution in [1.82, 2.24) is 9.29 Å². The Morgan fingerprint density at radius 2 is 2.00 bits per heavy atom. The van der Waals surface area contributed by atoms with Gasteiger partial charge in [-0.1, -0.05) is 0 Å². The number of nitrogens with one attached hydrogen (secondary N) is 1. The van der Waals surface area contributed by atoms with Gasteiger partial charge in [-0.3, -0.25) is 4.98 Å². The molecule has 0 amide bonds. The van der Waals surface area contributed by atoms with Gasteiger partial charge < -0.3 is 5.32 Å². The fourth-order valence-corrected chi connectivity index (χ4v) is 4.98. The number of rotatable bonds is 4. The van der Waals surface area contributed by atoms with E-state index in [0.717, 1.165) is 0 Å². The van der Waals surface area contributed by atoms with Gasteiger partial charge in [-0.15, -0.1) is 0 Å². The summed E-state index contributed by atoms with van der Waals surface area (Å²) in [5.41, 5.74) is 0.482. The molecule has 0 atom stereocenters. The molecule has 112 valence electrons. The van der Waals surface area contributed by atoms with Crippen molar-refractivity contribution in [1.29, 1.82) is 0 Å². The lowest BCUT2D eigenvalue weighted by Crippen LogP contribution is -2.43. The highest BCUT2D eigenvalue weighted by molar-refractivity contribution is 7.92. The molecule has 1 aromatic rings. The highest BCUT2D eigenvalue weighted by atomic mass is 32.2. The van der Waals surface area contributed by atoms with Crippen molar-refractivity contribution >= 4 is 25.5 Å². The van der Waals surface area contributed by atoms with Gasteiger partial charge in [0.1, 0.15) is 4.90 Å². The Kier molecular flexibility index (Phi) is 4.31. The zero-order valence-corrected chi connectivity index (χ0v) is 12.7. The van der Waals surface area contributed by atoms with Crippen LogP contribution in [-0.2, 0) is 19.9 Å². The smallest absolute Gasteiger partial charge is 0.246 e.